The van der Waals surface area contributed by atoms with Crippen LogP contribution in [0.15, 0.2) is 48.5 Å². The highest BCUT2D eigenvalue weighted by molar-refractivity contribution is 5.85. The zero-order chi connectivity index (χ0) is 26.5. The van der Waals surface area contributed by atoms with Gasteiger partial charge in [-0.3, -0.25) is 9.69 Å². The second-order valence-electron chi connectivity index (χ2n) is 9.49. The number of carbonyl (C=O) groups is 1. The Bertz CT molecular complexity index is 992. The van der Waals surface area contributed by atoms with Crippen molar-refractivity contribution in [2.45, 2.75) is 76.3 Å². The van der Waals surface area contributed by atoms with E-state index in [1.165, 1.54) is 24.3 Å². The van der Waals surface area contributed by atoms with Crippen molar-refractivity contribution in [2.75, 3.05) is 6.54 Å². The third-order valence-corrected chi connectivity index (χ3v) is 6.94. The maximum atomic E-state index is 13.1. The maximum absolute atomic E-state index is 13.1. The minimum absolute atomic E-state index is 0. The van der Waals surface area contributed by atoms with Crippen LogP contribution in [0.25, 0.3) is 0 Å². The molecule has 0 radical (unpaired) electrons. The molecule has 37 heavy (non-hydrogen) atoms. The summed E-state index contributed by atoms with van der Waals surface area (Å²) in [5.74, 6) is -1.07. The first kappa shape index (κ1) is 31.0. The molecule has 1 saturated heterocycles. The van der Waals surface area contributed by atoms with Crippen molar-refractivity contribution in [3.8, 4) is 0 Å². The van der Waals surface area contributed by atoms with E-state index in [4.69, 9.17) is 0 Å². The topological polar surface area (TPSA) is 40.5 Å². The molecule has 0 aliphatic carbocycles. The first-order valence-electron chi connectivity index (χ1n) is 12.2. The number of hydrogen-bond donors (Lipinski definition) is 1. The summed E-state index contributed by atoms with van der Waals surface area (Å²) in [6.45, 7) is 2.55. The summed E-state index contributed by atoms with van der Waals surface area (Å²) in [4.78, 5) is 13.5. The molecule has 1 N–H and O–H groups in total. The fourth-order valence-corrected chi connectivity index (χ4v) is 5.09. The number of alkyl halides is 6. The Morgan fingerprint density at radius 3 is 1.97 bits per heavy atom. The van der Waals surface area contributed by atoms with E-state index in [9.17, 15) is 36.2 Å². The molecule has 1 aliphatic heterocycles. The predicted molar refractivity (Wildman–Crippen MR) is 131 cm³/mol. The monoisotopic (exact) mass is 551 g/mol. The highest BCUT2D eigenvalue weighted by Crippen LogP contribution is 2.43. The molecule has 1 aliphatic rings. The molecule has 1 heterocycles. The number of carboxylic acid groups (broad SMARTS) is 1. The molecule has 1 fully saturated rings. The van der Waals surface area contributed by atoms with Crippen molar-refractivity contribution in [1.82, 2.24) is 4.90 Å². The van der Waals surface area contributed by atoms with Crippen LogP contribution in [0.2, 0.25) is 0 Å². The number of likely N-dealkylation sites (tertiary alicyclic amines) is 1. The molecular formula is C27H32ClF6NO2. The van der Waals surface area contributed by atoms with Gasteiger partial charge in [-0.1, -0.05) is 50.5 Å². The molecule has 3 rings (SSSR count). The van der Waals surface area contributed by atoms with Gasteiger partial charge in [-0.25, -0.2) is 0 Å². The summed E-state index contributed by atoms with van der Waals surface area (Å²) >= 11 is 0. The van der Waals surface area contributed by atoms with Gasteiger partial charge in [0, 0.05) is 18.5 Å². The van der Waals surface area contributed by atoms with Crippen LogP contribution < -0.4 is 0 Å². The van der Waals surface area contributed by atoms with Crippen LogP contribution in [0.4, 0.5) is 26.3 Å². The first-order chi connectivity index (χ1) is 16.9. The van der Waals surface area contributed by atoms with Crippen molar-refractivity contribution in [1.29, 1.82) is 0 Å². The average Bonchev–Trinajstić information content (AvgIpc) is 2.81. The van der Waals surface area contributed by atoms with Crippen LogP contribution in [-0.2, 0) is 17.1 Å². The van der Waals surface area contributed by atoms with E-state index >= 15 is 0 Å². The van der Waals surface area contributed by atoms with Crippen LogP contribution in [0.5, 0.6) is 0 Å². The third kappa shape index (κ3) is 8.37. The normalized spacial score (nSPS) is 19.8. The van der Waals surface area contributed by atoms with Crippen LogP contribution >= 0.6 is 12.4 Å². The molecule has 10 heteroatoms. The Labute approximate surface area is 219 Å². The van der Waals surface area contributed by atoms with Gasteiger partial charge >= 0.3 is 18.3 Å². The highest BCUT2D eigenvalue weighted by Gasteiger charge is 2.37. The fraction of sp³-hybridized carbons (Fsp3) is 0.519. The second kappa shape index (κ2) is 13.0. The SMILES string of the molecule is CCCCCC(c1ccc(C(F)(F)F)cc1)N1CCC(CC(=O)O)CC1c1ccc(C(F)(F)F)cc1.Cl. The standard InChI is InChI=1S/C27H31F6NO2.ClH/c1-2-3-4-5-23(19-6-10-21(11-7-19)26(28,29)30)34-15-14-18(17-25(35)36)16-24(34)20-8-12-22(13-9-20)27(31,32)33;/h6-13,18,23-24H,2-5,14-17H2,1H3,(H,35,36);1H. The number of nitrogens with zero attached hydrogens (tertiary/aromatic N) is 1. The number of rotatable bonds is 9. The molecule has 0 amide bonds. The number of carboxylic acids is 1. The van der Waals surface area contributed by atoms with E-state index in [1.807, 2.05) is 0 Å². The van der Waals surface area contributed by atoms with Crippen molar-refractivity contribution in [3.63, 3.8) is 0 Å². The number of halogens is 7. The Morgan fingerprint density at radius 2 is 1.49 bits per heavy atom. The van der Waals surface area contributed by atoms with Gasteiger partial charge < -0.3 is 5.11 Å². The van der Waals surface area contributed by atoms with Gasteiger partial charge in [-0.15, -0.1) is 12.4 Å². The van der Waals surface area contributed by atoms with E-state index in [0.717, 1.165) is 43.5 Å². The lowest BCUT2D eigenvalue weighted by atomic mass is 9.82. The number of benzene rings is 2. The van der Waals surface area contributed by atoms with Gasteiger partial charge in [-0.05, 0) is 67.1 Å². The fourth-order valence-electron chi connectivity index (χ4n) is 5.09. The van der Waals surface area contributed by atoms with Gasteiger partial charge in [0.05, 0.1) is 11.1 Å². The molecule has 0 aromatic heterocycles. The minimum Gasteiger partial charge on any atom is -0.481 e. The van der Waals surface area contributed by atoms with Crippen molar-refractivity contribution in [2.24, 2.45) is 5.92 Å². The van der Waals surface area contributed by atoms with Crippen molar-refractivity contribution >= 4 is 18.4 Å². The summed E-state index contributed by atoms with van der Waals surface area (Å²) in [5, 5.41) is 9.31. The van der Waals surface area contributed by atoms with E-state index in [1.54, 1.807) is 0 Å². The Kier molecular flexibility index (Phi) is 10.9. The van der Waals surface area contributed by atoms with E-state index < -0.39 is 29.4 Å². The van der Waals surface area contributed by atoms with Crippen molar-refractivity contribution < 1.29 is 36.2 Å². The Balaban J connectivity index is 0.00000481. The summed E-state index contributed by atoms with van der Waals surface area (Å²) < 4.78 is 78.8. The van der Waals surface area contributed by atoms with Gasteiger partial charge in [0.15, 0.2) is 0 Å². The largest absolute Gasteiger partial charge is 0.481 e. The molecule has 3 unspecified atom stereocenters. The number of piperidine rings is 1. The lowest BCUT2D eigenvalue weighted by molar-refractivity contribution is -0.139. The predicted octanol–water partition coefficient (Wildman–Crippen LogP) is 8.70. The number of hydrogen-bond acceptors (Lipinski definition) is 2. The molecule has 3 nitrogen and oxygen atoms in total. The van der Waals surface area contributed by atoms with Gasteiger partial charge in [0.1, 0.15) is 0 Å². The lowest BCUT2D eigenvalue weighted by Gasteiger charge is -2.44. The van der Waals surface area contributed by atoms with E-state index in [-0.39, 0.29) is 36.8 Å². The third-order valence-electron chi connectivity index (χ3n) is 6.94. The van der Waals surface area contributed by atoms with Crippen LogP contribution in [0, 0.1) is 5.92 Å². The Hall–Kier alpha value is -2.26. The summed E-state index contributed by atoms with van der Waals surface area (Å²) in [6.07, 6.45) is -4.49. The quantitative estimate of drug-likeness (QED) is 0.250. The zero-order valence-corrected chi connectivity index (χ0v) is 21.3. The molecule has 206 valence electrons. The zero-order valence-electron chi connectivity index (χ0n) is 20.5. The molecule has 0 spiro atoms. The average molecular weight is 552 g/mol. The maximum Gasteiger partial charge on any atom is 0.416 e. The van der Waals surface area contributed by atoms with E-state index in [2.05, 4.69) is 11.8 Å². The second-order valence-corrected chi connectivity index (χ2v) is 9.49. The number of aliphatic carboxylic acids is 1. The number of unbranched alkanes of at least 4 members (excludes halogenated alkanes) is 2. The molecule has 3 atom stereocenters. The molecule has 0 saturated carbocycles. The molecule has 0 bridgehead atoms. The summed E-state index contributed by atoms with van der Waals surface area (Å²) in [7, 11) is 0. The molecular weight excluding hydrogens is 520 g/mol. The lowest BCUT2D eigenvalue weighted by Crippen LogP contribution is -2.40. The van der Waals surface area contributed by atoms with Crippen LogP contribution in [0.1, 0.15) is 86.2 Å². The van der Waals surface area contributed by atoms with E-state index in [0.29, 0.717) is 36.9 Å². The van der Waals surface area contributed by atoms with Crippen molar-refractivity contribution in [3.05, 3.63) is 70.8 Å². The van der Waals surface area contributed by atoms with Gasteiger partial charge in [0.25, 0.3) is 0 Å². The minimum atomic E-state index is -4.47. The molecule has 2 aromatic rings. The van der Waals surface area contributed by atoms with Gasteiger partial charge in [-0.2, -0.15) is 26.3 Å². The van der Waals surface area contributed by atoms with Gasteiger partial charge in [0.2, 0.25) is 0 Å². The highest BCUT2D eigenvalue weighted by atomic mass is 35.5. The Morgan fingerprint density at radius 1 is 0.946 bits per heavy atom. The first-order valence-corrected chi connectivity index (χ1v) is 12.2. The smallest absolute Gasteiger partial charge is 0.416 e. The van der Waals surface area contributed by atoms with Crippen LogP contribution in [0.3, 0.4) is 0 Å². The molecule has 2 aromatic carbocycles. The summed E-state index contributed by atoms with van der Waals surface area (Å²) in [6, 6.07) is 9.41. The van der Waals surface area contributed by atoms with Crippen LogP contribution in [-0.4, -0.2) is 22.5 Å². The summed E-state index contributed by atoms with van der Waals surface area (Å²) in [5.41, 5.74) is -0.144.